The second kappa shape index (κ2) is 7.12. The summed E-state index contributed by atoms with van der Waals surface area (Å²) in [5, 5.41) is 8.93. The number of rotatable bonds is 5. The topological polar surface area (TPSA) is 81.2 Å². The monoisotopic (exact) mass is 287 g/mol. The quantitative estimate of drug-likeness (QED) is 0.807. The Hall–Kier alpha value is -1.79. The molecule has 0 aromatic carbocycles. The SMILES string of the molecule is CCN(CC(=O)N(C)C)C(=O)N(CC(=O)O)C(C)(C)C. The third-order valence-electron chi connectivity index (χ3n) is 2.81. The molecule has 0 aromatic heterocycles. The zero-order valence-electron chi connectivity index (χ0n) is 13.1. The Morgan fingerprint density at radius 3 is 1.85 bits per heavy atom. The predicted molar refractivity (Wildman–Crippen MR) is 75.4 cm³/mol. The molecule has 0 aromatic rings. The van der Waals surface area contributed by atoms with Gasteiger partial charge in [-0.3, -0.25) is 9.59 Å². The van der Waals surface area contributed by atoms with Crippen molar-refractivity contribution in [2.45, 2.75) is 33.2 Å². The summed E-state index contributed by atoms with van der Waals surface area (Å²) in [6.45, 7) is 6.91. The molecular weight excluding hydrogens is 262 g/mol. The van der Waals surface area contributed by atoms with Gasteiger partial charge >= 0.3 is 12.0 Å². The van der Waals surface area contributed by atoms with Gasteiger partial charge in [-0.1, -0.05) is 0 Å². The molecule has 0 saturated carbocycles. The predicted octanol–water partition coefficient (Wildman–Crippen LogP) is 0.702. The van der Waals surface area contributed by atoms with Gasteiger partial charge < -0.3 is 19.8 Å². The van der Waals surface area contributed by atoms with Gasteiger partial charge in [-0.05, 0) is 27.7 Å². The van der Waals surface area contributed by atoms with E-state index in [0.717, 1.165) is 0 Å². The molecule has 1 N–H and O–H groups in total. The van der Waals surface area contributed by atoms with Crippen LogP contribution in [0.5, 0.6) is 0 Å². The molecule has 7 nitrogen and oxygen atoms in total. The fourth-order valence-corrected chi connectivity index (χ4v) is 1.52. The Morgan fingerprint density at radius 2 is 1.55 bits per heavy atom. The van der Waals surface area contributed by atoms with Gasteiger partial charge in [0.1, 0.15) is 13.1 Å². The Kier molecular flexibility index (Phi) is 6.48. The van der Waals surface area contributed by atoms with Crippen LogP contribution >= 0.6 is 0 Å². The molecule has 7 heteroatoms. The Labute approximate surface area is 120 Å². The molecule has 0 bridgehead atoms. The fourth-order valence-electron chi connectivity index (χ4n) is 1.52. The molecule has 0 unspecified atom stereocenters. The standard InChI is InChI=1S/C13H25N3O4/c1-7-15(8-10(17)14(5)6)12(20)16(9-11(18)19)13(2,3)4/h7-9H2,1-6H3,(H,18,19). The number of urea groups is 1. The third kappa shape index (κ3) is 5.46. The average molecular weight is 287 g/mol. The number of carbonyl (C=O) groups is 3. The van der Waals surface area contributed by atoms with Crippen molar-refractivity contribution in [3.63, 3.8) is 0 Å². The summed E-state index contributed by atoms with van der Waals surface area (Å²) < 4.78 is 0. The van der Waals surface area contributed by atoms with Crippen LogP contribution in [0.25, 0.3) is 0 Å². The third-order valence-corrected chi connectivity index (χ3v) is 2.81. The highest BCUT2D eigenvalue weighted by Crippen LogP contribution is 2.15. The molecule has 0 fully saturated rings. The lowest BCUT2D eigenvalue weighted by molar-refractivity contribution is -0.138. The molecule has 0 spiro atoms. The van der Waals surface area contributed by atoms with Crippen molar-refractivity contribution >= 4 is 17.9 Å². The van der Waals surface area contributed by atoms with E-state index in [1.165, 1.54) is 14.7 Å². The zero-order valence-corrected chi connectivity index (χ0v) is 13.1. The number of hydrogen-bond acceptors (Lipinski definition) is 3. The van der Waals surface area contributed by atoms with Crippen molar-refractivity contribution in [3.8, 4) is 0 Å². The molecule has 0 saturated heterocycles. The summed E-state index contributed by atoms with van der Waals surface area (Å²) in [4.78, 5) is 39.0. The van der Waals surface area contributed by atoms with Gasteiger partial charge in [0.15, 0.2) is 0 Å². The fraction of sp³-hybridized carbons (Fsp3) is 0.769. The van der Waals surface area contributed by atoms with Gasteiger partial charge in [-0.15, -0.1) is 0 Å². The van der Waals surface area contributed by atoms with Crippen LogP contribution in [0.15, 0.2) is 0 Å². The lowest BCUT2D eigenvalue weighted by Crippen LogP contribution is -2.55. The highest BCUT2D eigenvalue weighted by molar-refractivity contribution is 5.86. The van der Waals surface area contributed by atoms with Gasteiger partial charge in [-0.25, -0.2) is 4.79 Å². The molecule has 0 heterocycles. The van der Waals surface area contributed by atoms with E-state index >= 15 is 0 Å². The van der Waals surface area contributed by atoms with Crippen molar-refractivity contribution in [1.82, 2.24) is 14.7 Å². The molecule has 116 valence electrons. The van der Waals surface area contributed by atoms with E-state index in [4.69, 9.17) is 5.11 Å². The first-order valence-corrected chi connectivity index (χ1v) is 6.49. The van der Waals surface area contributed by atoms with Crippen LogP contribution in [0.4, 0.5) is 4.79 Å². The lowest BCUT2D eigenvalue weighted by Gasteiger charge is -2.38. The highest BCUT2D eigenvalue weighted by atomic mass is 16.4. The molecule has 0 atom stereocenters. The molecule has 0 aliphatic carbocycles. The van der Waals surface area contributed by atoms with Crippen LogP contribution < -0.4 is 0 Å². The molecule has 20 heavy (non-hydrogen) atoms. The molecule has 0 radical (unpaired) electrons. The molecule has 0 aliphatic rings. The van der Waals surface area contributed by atoms with E-state index in [1.807, 2.05) is 0 Å². The van der Waals surface area contributed by atoms with E-state index < -0.39 is 24.1 Å². The van der Waals surface area contributed by atoms with E-state index in [-0.39, 0.29) is 12.5 Å². The van der Waals surface area contributed by atoms with Crippen LogP contribution in [-0.2, 0) is 9.59 Å². The molecule has 0 aliphatic heterocycles. The van der Waals surface area contributed by atoms with Gasteiger partial charge in [-0.2, -0.15) is 0 Å². The first-order valence-electron chi connectivity index (χ1n) is 6.49. The van der Waals surface area contributed by atoms with Gasteiger partial charge in [0.2, 0.25) is 5.91 Å². The van der Waals surface area contributed by atoms with Crippen molar-refractivity contribution in [3.05, 3.63) is 0 Å². The van der Waals surface area contributed by atoms with Crippen molar-refractivity contribution < 1.29 is 19.5 Å². The van der Waals surface area contributed by atoms with Crippen LogP contribution in [0.1, 0.15) is 27.7 Å². The van der Waals surface area contributed by atoms with Crippen LogP contribution in [0.2, 0.25) is 0 Å². The minimum Gasteiger partial charge on any atom is -0.480 e. The maximum Gasteiger partial charge on any atom is 0.323 e. The van der Waals surface area contributed by atoms with Crippen molar-refractivity contribution in [1.29, 1.82) is 0 Å². The average Bonchev–Trinajstić information content (AvgIpc) is 2.30. The summed E-state index contributed by atoms with van der Waals surface area (Å²) in [6.07, 6.45) is 0. The number of carboxylic acid groups (broad SMARTS) is 1. The maximum atomic E-state index is 12.4. The molecular formula is C13H25N3O4. The lowest BCUT2D eigenvalue weighted by atomic mass is 10.1. The number of carbonyl (C=O) groups excluding carboxylic acids is 2. The number of aliphatic carboxylic acids is 1. The molecule has 0 rings (SSSR count). The number of likely N-dealkylation sites (N-methyl/N-ethyl adjacent to an activating group) is 2. The second-order valence-corrected chi connectivity index (χ2v) is 5.74. The van der Waals surface area contributed by atoms with Crippen LogP contribution in [0, 0.1) is 0 Å². The number of amides is 3. The highest BCUT2D eigenvalue weighted by Gasteiger charge is 2.32. The summed E-state index contributed by atoms with van der Waals surface area (Å²) in [5.41, 5.74) is -0.635. The number of carboxylic acids is 1. The molecule has 3 amide bonds. The van der Waals surface area contributed by atoms with E-state index in [1.54, 1.807) is 41.8 Å². The first kappa shape index (κ1) is 18.2. The van der Waals surface area contributed by atoms with Gasteiger partial charge in [0, 0.05) is 26.2 Å². The Balaban J connectivity index is 5.10. The largest absolute Gasteiger partial charge is 0.480 e. The summed E-state index contributed by atoms with van der Waals surface area (Å²) in [5.74, 6) is -1.28. The summed E-state index contributed by atoms with van der Waals surface area (Å²) in [7, 11) is 3.22. The van der Waals surface area contributed by atoms with Gasteiger partial charge in [0.25, 0.3) is 0 Å². The number of nitrogens with zero attached hydrogens (tertiary/aromatic N) is 3. The Bertz CT molecular complexity index is 374. The summed E-state index contributed by atoms with van der Waals surface area (Å²) in [6, 6.07) is -0.447. The van der Waals surface area contributed by atoms with Gasteiger partial charge in [0.05, 0.1) is 0 Å². The van der Waals surface area contributed by atoms with E-state index in [0.29, 0.717) is 6.54 Å². The van der Waals surface area contributed by atoms with Crippen molar-refractivity contribution in [2.24, 2.45) is 0 Å². The normalized spacial score (nSPS) is 10.9. The van der Waals surface area contributed by atoms with E-state index in [9.17, 15) is 14.4 Å². The smallest absolute Gasteiger partial charge is 0.323 e. The second-order valence-electron chi connectivity index (χ2n) is 5.74. The first-order chi connectivity index (χ1) is 9.00. The number of hydrogen-bond donors (Lipinski definition) is 1. The maximum absolute atomic E-state index is 12.4. The van der Waals surface area contributed by atoms with E-state index in [2.05, 4.69) is 0 Å². The zero-order chi connectivity index (χ0) is 16.1. The summed E-state index contributed by atoms with van der Waals surface area (Å²) >= 11 is 0. The minimum atomic E-state index is -1.08. The van der Waals surface area contributed by atoms with Crippen LogP contribution in [-0.4, -0.2) is 77.0 Å². The van der Waals surface area contributed by atoms with Crippen molar-refractivity contribution in [2.75, 3.05) is 33.7 Å². The minimum absolute atomic E-state index is 0.0610. The van der Waals surface area contributed by atoms with Crippen LogP contribution in [0.3, 0.4) is 0 Å². The Morgan fingerprint density at radius 1 is 1.05 bits per heavy atom.